The zero-order chi connectivity index (χ0) is 22.6. The number of pyridine rings is 1. The van der Waals surface area contributed by atoms with E-state index in [1.54, 1.807) is 37.5 Å². The van der Waals surface area contributed by atoms with Crippen LogP contribution >= 0.6 is 0 Å². The van der Waals surface area contributed by atoms with Crippen molar-refractivity contribution < 1.29 is 13.2 Å². The van der Waals surface area contributed by atoms with Gasteiger partial charge in [-0.05, 0) is 24.6 Å². The molecule has 1 aliphatic rings. The first-order valence-corrected chi connectivity index (χ1v) is 11.9. The first-order valence-electron chi connectivity index (χ1n) is 10.2. The lowest BCUT2D eigenvalue weighted by molar-refractivity contribution is 0.102. The van der Waals surface area contributed by atoms with Gasteiger partial charge >= 0.3 is 0 Å². The molecule has 0 radical (unpaired) electrons. The molecule has 3 heterocycles. The van der Waals surface area contributed by atoms with Gasteiger partial charge in [-0.2, -0.15) is 4.31 Å². The second-order valence-corrected chi connectivity index (χ2v) is 9.43. The highest BCUT2D eigenvalue weighted by molar-refractivity contribution is 7.88. The van der Waals surface area contributed by atoms with Gasteiger partial charge in [-0.15, -0.1) is 0 Å². The van der Waals surface area contributed by atoms with Crippen molar-refractivity contribution in [3.05, 3.63) is 77.9 Å². The Labute approximate surface area is 187 Å². The first-order chi connectivity index (χ1) is 15.4. The zero-order valence-corrected chi connectivity index (χ0v) is 18.5. The Kier molecular flexibility index (Phi) is 6.42. The van der Waals surface area contributed by atoms with Gasteiger partial charge in [0.25, 0.3) is 5.91 Å². The highest BCUT2D eigenvalue weighted by atomic mass is 32.2. The summed E-state index contributed by atoms with van der Waals surface area (Å²) < 4.78 is 27.1. The van der Waals surface area contributed by atoms with Crippen molar-refractivity contribution in [1.82, 2.24) is 19.3 Å². The largest absolute Gasteiger partial charge is 0.353 e. The summed E-state index contributed by atoms with van der Waals surface area (Å²) >= 11 is 0. The van der Waals surface area contributed by atoms with E-state index in [-0.39, 0.29) is 17.4 Å². The van der Waals surface area contributed by atoms with Gasteiger partial charge in [0.1, 0.15) is 11.6 Å². The molecule has 1 amide bonds. The number of sulfonamides is 1. The van der Waals surface area contributed by atoms with Gasteiger partial charge in [-0.3, -0.25) is 9.78 Å². The number of nitrogens with one attached hydrogen (secondary N) is 1. The average Bonchev–Trinajstić information content (AvgIpc) is 2.80. The molecule has 1 fully saturated rings. The maximum atomic E-state index is 12.8. The van der Waals surface area contributed by atoms with Gasteiger partial charge in [-0.1, -0.05) is 36.4 Å². The number of aryl methyl sites for hydroxylation is 1. The van der Waals surface area contributed by atoms with Crippen molar-refractivity contribution in [3.63, 3.8) is 0 Å². The smallest absolute Gasteiger partial charge is 0.277 e. The maximum absolute atomic E-state index is 12.8. The number of aromatic nitrogens is 3. The standard InChI is InChI=1S/C22H24N6O3S/c1-17-21(22(29)25-19-9-5-6-10-23-19)26-20(15-24-17)27-11-13-28(14-12-27)32(30,31)16-18-7-3-2-4-8-18/h2-10,15H,11-14,16H2,1H3,(H,23,25,29). The Hall–Kier alpha value is -3.37. The van der Waals surface area contributed by atoms with E-state index in [1.807, 2.05) is 35.2 Å². The molecule has 0 unspecified atom stereocenters. The van der Waals surface area contributed by atoms with Crippen LogP contribution in [0.5, 0.6) is 0 Å². The van der Waals surface area contributed by atoms with Crippen LogP contribution < -0.4 is 10.2 Å². The third-order valence-electron chi connectivity index (χ3n) is 5.21. The van der Waals surface area contributed by atoms with Crippen LogP contribution in [0.2, 0.25) is 0 Å². The molecule has 0 bridgehead atoms. The van der Waals surface area contributed by atoms with E-state index in [0.29, 0.717) is 43.5 Å². The minimum atomic E-state index is -3.41. The molecule has 2 aromatic heterocycles. The quantitative estimate of drug-likeness (QED) is 0.610. The first kappa shape index (κ1) is 21.8. The molecular formula is C22H24N6O3S. The van der Waals surface area contributed by atoms with Crippen molar-refractivity contribution in [2.75, 3.05) is 36.4 Å². The number of carbonyl (C=O) groups excluding carboxylic acids is 1. The number of piperazine rings is 1. The van der Waals surface area contributed by atoms with Crippen LogP contribution in [0.15, 0.2) is 60.9 Å². The molecule has 0 atom stereocenters. The summed E-state index contributed by atoms with van der Waals surface area (Å²) in [5.41, 5.74) is 1.49. The number of nitrogens with zero attached hydrogens (tertiary/aromatic N) is 5. The topological polar surface area (TPSA) is 108 Å². The molecule has 10 heteroatoms. The molecule has 1 aliphatic heterocycles. The lowest BCUT2D eigenvalue weighted by Gasteiger charge is -2.34. The lowest BCUT2D eigenvalue weighted by atomic mass is 10.2. The van der Waals surface area contributed by atoms with Crippen LogP contribution in [0.1, 0.15) is 21.7 Å². The molecule has 0 aliphatic carbocycles. The van der Waals surface area contributed by atoms with E-state index >= 15 is 0 Å². The van der Waals surface area contributed by atoms with Crippen LogP contribution in [-0.4, -0.2) is 59.8 Å². The number of rotatable bonds is 6. The van der Waals surface area contributed by atoms with Crippen LogP contribution in [0.4, 0.5) is 11.6 Å². The third kappa shape index (κ3) is 5.09. The van der Waals surface area contributed by atoms with Crippen LogP contribution in [0, 0.1) is 6.92 Å². The maximum Gasteiger partial charge on any atom is 0.277 e. The van der Waals surface area contributed by atoms with Crippen LogP contribution in [-0.2, 0) is 15.8 Å². The summed E-state index contributed by atoms with van der Waals surface area (Å²) in [6.07, 6.45) is 3.21. The minimum absolute atomic E-state index is 0.0178. The van der Waals surface area contributed by atoms with Gasteiger partial charge in [0, 0.05) is 32.4 Å². The average molecular weight is 453 g/mol. The SMILES string of the molecule is Cc1ncc(N2CCN(S(=O)(=O)Cc3ccccc3)CC2)nc1C(=O)Nc1ccccn1. The summed E-state index contributed by atoms with van der Waals surface area (Å²) in [5, 5.41) is 2.72. The molecule has 9 nitrogen and oxygen atoms in total. The number of hydrogen-bond donors (Lipinski definition) is 1. The number of amides is 1. The fraction of sp³-hybridized carbons (Fsp3) is 0.273. The van der Waals surface area contributed by atoms with Gasteiger partial charge in [0.15, 0.2) is 5.69 Å². The van der Waals surface area contributed by atoms with E-state index in [0.717, 1.165) is 5.56 Å². The van der Waals surface area contributed by atoms with Gasteiger partial charge in [0.05, 0.1) is 17.6 Å². The van der Waals surface area contributed by atoms with Crippen molar-refractivity contribution >= 4 is 27.6 Å². The van der Waals surface area contributed by atoms with Gasteiger partial charge < -0.3 is 10.2 Å². The van der Waals surface area contributed by atoms with E-state index in [9.17, 15) is 13.2 Å². The van der Waals surface area contributed by atoms with Crippen molar-refractivity contribution in [2.24, 2.45) is 0 Å². The van der Waals surface area contributed by atoms with E-state index in [2.05, 4.69) is 20.3 Å². The molecular weight excluding hydrogens is 428 g/mol. The van der Waals surface area contributed by atoms with Gasteiger partial charge in [-0.25, -0.2) is 18.4 Å². The van der Waals surface area contributed by atoms with E-state index < -0.39 is 10.0 Å². The Morgan fingerprint density at radius 2 is 1.72 bits per heavy atom. The van der Waals surface area contributed by atoms with Crippen molar-refractivity contribution in [3.8, 4) is 0 Å². The zero-order valence-electron chi connectivity index (χ0n) is 17.7. The number of benzene rings is 1. The monoisotopic (exact) mass is 452 g/mol. The van der Waals surface area contributed by atoms with E-state index in [1.165, 1.54) is 4.31 Å². The van der Waals surface area contributed by atoms with E-state index in [4.69, 9.17) is 0 Å². The van der Waals surface area contributed by atoms with Crippen LogP contribution in [0.3, 0.4) is 0 Å². The molecule has 0 spiro atoms. The fourth-order valence-corrected chi connectivity index (χ4v) is 5.01. The molecule has 32 heavy (non-hydrogen) atoms. The number of anilines is 2. The van der Waals surface area contributed by atoms with Crippen molar-refractivity contribution in [2.45, 2.75) is 12.7 Å². The highest BCUT2D eigenvalue weighted by Gasteiger charge is 2.28. The Bertz CT molecular complexity index is 1180. The second kappa shape index (κ2) is 9.41. The lowest BCUT2D eigenvalue weighted by Crippen LogP contribution is -2.49. The molecule has 1 aromatic carbocycles. The summed E-state index contributed by atoms with van der Waals surface area (Å²) in [7, 11) is -3.41. The van der Waals surface area contributed by atoms with Crippen molar-refractivity contribution in [1.29, 1.82) is 0 Å². The summed E-state index contributed by atoms with van der Waals surface area (Å²) in [4.78, 5) is 27.5. The predicted octanol–water partition coefficient (Wildman–Crippen LogP) is 2.08. The Balaban J connectivity index is 1.42. The highest BCUT2D eigenvalue weighted by Crippen LogP contribution is 2.19. The molecule has 0 saturated carbocycles. The Morgan fingerprint density at radius 1 is 1.00 bits per heavy atom. The summed E-state index contributed by atoms with van der Waals surface area (Å²) in [5.74, 6) is 0.568. The third-order valence-corrected chi connectivity index (χ3v) is 7.06. The van der Waals surface area contributed by atoms with Crippen LogP contribution in [0.25, 0.3) is 0 Å². The minimum Gasteiger partial charge on any atom is -0.353 e. The number of carbonyl (C=O) groups is 1. The van der Waals surface area contributed by atoms with Gasteiger partial charge in [0.2, 0.25) is 10.0 Å². The summed E-state index contributed by atoms with van der Waals surface area (Å²) in [6, 6.07) is 14.4. The molecule has 166 valence electrons. The molecule has 4 rings (SSSR count). The Morgan fingerprint density at radius 3 is 2.41 bits per heavy atom. The number of hydrogen-bond acceptors (Lipinski definition) is 7. The molecule has 1 saturated heterocycles. The summed E-state index contributed by atoms with van der Waals surface area (Å²) in [6.45, 7) is 3.35. The normalized spacial score (nSPS) is 14.8. The predicted molar refractivity (Wildman–Crippen MR) is 122 cm³/mol. The second-order valence-electron chi connectivity index (χ2n) is 7.46. The molecule has 1 N–H and O–H groups in total. The fourth-order valence-electron chi connectivity index (χ4n) is 3.49. The molecule has 3 aromatic rings.